The van der Waals surface area contributed by atoms with Crippen molar-refractivity contribution in [1.29, 1.82) is 0 Å². The van der Waals surface area contributed by atoms with E-state index in [0.29, 0.717) is 0 Å². The lowest BCUT2D eigenvalue weighted by Gasteiger charge is -2.34. The Morgan fingerprint density at radius 2 is 0.963 bits per heavy atom. The van der Waals surface area contributed by atoms with Crippen LogP contribution in [-0.2, 0) is 13.6 Å². The lowest BCUT2D eigenvalue weighted by molar-refractivity contribution is -0.910. The number of phosphoric ester groups is 1. The van der Waals surface area contributed by atoms with E-state index in [0.717, 1.165) is 25.7 Å². The first-order valence-corrected chi connectivity index (χ1v) is 12.8. The third kappa shape index (κ3) is 20.6. The second-order valence-electron chi connectivity index (χ2n) is 7.69. The molecule has 1 N–H and O–H groups in total. The third-order valence-electron chi connectivity index (χ3n) is 4.66. The fourth-order valence-corrected chi connectivity index (χ4v) is 3.43. The highest BCUT2D eigenvalue weighted by atomic mass is 31.2. The first kappa shape index (κ1) is 29.3. The van der Waals surface area contributed by atoms with Crippen molar-refractivity contribution in [3.8, 4) is 0 Å². The first-order valence-electron chi connectivity index (χ1n) is 11.3. The minimum atomic E-state index is -3.75. The predicted molar refractivity (Wildman–Crippen MR) is 117 cm³/mol. The molecule has 5 nitrogen and oxygen atoms in total. The molecule has 0 saturated carbocycles. The van der Waals surface area contributed by atoms with Gasteiger partial charge in [0, 0.05) is 0 Å². The van der Waals surface area contributed by atoms with Crippen LogP contribution in [-0.4, -0.2) is 49.3 Å². The molecule has 27 heavy (non-hydrogen) atoms. The predicted octanol–water partition coefficient (Wildman–Crippen LogP) is 6.55. The van der Waals surface area contributed by atoms with Gasteiger partial charge in [-0.15, -0.1) is 0 Å². The van der Waals surface area contributed by atoms with Crippen LogP contribution in [0, 0.1) is 0 Å². The Morgan fingerprint density at radius 1 is 0.667 bits per heavy atom. The standard InChI is InChI=1S/C13H30N.C8H19O4P/c1-5-8-11-14(4,12-9-6-2)13-10-7-3;1-3-5-7-11-13(9,10)12-8-6-4-2/h5-13H2,1-4H3;3-8H2,1-2H3,(H,9,10)/q+1;. The Hall–Kier alpha value is 0.0700. The summed E-state index contributed by atoms with van der Waals surface area (Å²) in [5.41, 5.74) is 0. The zero-order valence-electron chi connectivity index (χ0n) is 19.2. The second-order valence-corrected chi connectivity index (χ2v) is 9.15. The Morgan fingerprint density at radius 3 is 1.22 bits per heavy atom. The molecule has 0 spiro atoms. The van der Waals surface area contributed by atoms with Crippen LogP contribution in [0.2, 0.25) is 0 Å². The normalized spacial score (nSPS) is 12.0. The van der Waals surface area contributed by atoms with E-state index >= 15 is 0 Å². The quantitative estimate of drug-likeness (QED) is 0.168. The molecule has 0 aromatic carbocycles. The zero-order valence-corrected chi connectivity index (χ0v) is 20.1. The van der Waals surface area contributed by atoms with Gasteiger partial charge in [0.1, 0.15) is 0 Å². The smallest absolute Gasteiger partial charge is 0.326 e. The molecule has 0 bridgehead atoms. The molecule has 0 radical (unpaired) electrons. The summed E-state index contributed by atoms with van der Waals surface area (Å²) in [5, 5.41) is 0. The Labute approximate surface area is 170 Å². The van der Waals surface area contributed by atoms with Crippen molar-refractivity contribution >= 4 is 7.82 Å². The van der Waals surface area contributed by atoms with Crippen LogP contribution >= 0.6 is 7.82 Å². The largest absolute Gasteiger partial charge is 0.472 e. The third-order valence-corrected chi connectivity index (χ3v) is 5.68. The molecule has 0 amide bonds. The van der Waals surface area contributed by atoms with E-state index in [9.17, 15) is 4.57 Å². The SMILES string of the molecule is CCCCOP(=O)(O)OCCCC.CCCC[N+](C)(CCCC)CCCC. The van der Waals surface area contributed by atoms with Crippen LogP contribution in [0.4, 0.5) is 0 Å². The maximum Gasteiger partial charge on any atom is 0.472 e. The summed E-state index contributed by atoms with van der Waals surface area (Å²) < 4.78 is 21.8. The molecule has 0 aliphatic heterocycles. The number of hydrogen-bond donors (Lipinski definition) is 1. The van der Waals surface area contributed by atoms with Crippen molar-refractivity contribution in [2.75, 3.05) is 39.9 Å². The molecule has 0 aromatic heterocycles. The molecule has 0 heterocycles. The average Bonchev–Trinajstić information content (AvgIpc) is 2.64. The van der Waals surface area contributed by atoms with Gasteiger partial charge in [-0.25, -0.2) is 4.57 Å². The molecule has 0 aromatic rings. The molecule has 6 heteroatoms. The van der Waals surface area contributed by atoms with E-state index in [2.05, 4.69) is 27.8 Å². The summed E-state index contributed by atoms with van der Waals surface area (Å²) in [4.78, 5) is 9.08. The first-order chi connectivity index (χ1) is 12.8. The lowest BCUT2D eigenvalue weighted by atomic mass is 10.2. The van der Waals surface area contributed by atoms with Gasteiger partial charge in [-0.1, -0.05) is 66.7 Å². The van der Waals surface area contributed by atoms with Gasteiger partial charge in [-0.3, -0.25) is 9.05 Å². The van der Waals surface area contributed by atoms with Gasteiger partial charge in [-0.2, -0.15) is 0 Å². The summed E-state index contributed by atoms with van der Waals surface area (Å²) >= 11 is 0. The number of quaternary nitrogens is 1. The van der Waals surface area contributed by atoms with Crippen molar-refractivity contribution in [3.63, 3.8) is 0 Å². The van der Waals surface area contributed by atoms with Crippen LogP contribution in [0.15, 0.2) is 0 Å². The minimum Gasteiger partial charge on any atom is -0.326 e. The van der Waals surface area contributed by atoms with Crippen LogP contribution < -0.4 is 0 Å². The number of rotatable bonds is 17. The van der Waals surface area contributed by atoms with Crippen molar-refractivity contribution in [3.05, 3.63) is 0 Å². The van der Waals surface area contributed by atoms with E-state index < -0.39 is 7.82 Å². The summed E-state index contributed by atoms with van der Waals surface area (Å²) in [7, 11) is -1.31. The summed E-state index contributed by atoms with van der Waals surface area (Å²) in [5.74, 6) is 0. The van der Waals surface area contributed by atoms with Gasteiger partial charge in [-0.05, 0) is 32.1 Å². The second kappa shape index (κ2) is 19.4. The van der Waals surface area contributed by atoms with E-state index in [1.54, 1.807) is 0 Å². The number of nitrogens with zero attached hydrogens (tertiary/aromatic N) is 1. The summed E-state index contributed by atoms with van der Waals surface area (Å²) in [6, 6.07) is 0. The van der Waals surface area contributed by atoms with Crippen molar-refractivity contribution in [2.24, 2.45) is 0 Å². The maximum atomic E-state index is 11.1. The Bertz CT molecular complexity index is 317. The molecule has 0 rings (SSSR count). The summed E-state index contributed by atoms with van der Waals surface area (Å²) in [6.07, 6.45) is 11.6. The lowest BCUT2D eigenvalue weighted by Crippen LogP contribution is -2.46. The number of hydrogen-bond acceptors (Lipinski definition) is 3. The highest BCUT2D eigenvalue weighted by Crippen LogP contribution is 2.43. The van der Waals surface area contributed by atoms with Crippen molar-refractivity contribution < 1.29 is 23.0 Å². The van der Waals surface area contributed by atoms with E-state index in [4.69, 9.17) is 13.9 Å². The Balaban J connectivity index is 0. The maximum absolute atomic E-state index is 11.1. The highest BCUT2D eigenvalue weighted by Gasteiger charge is 2.20. The van der Waals surface area contributed by atoms with Crippen molar-refractivity contribution in [1.82, 2.24) is 0 Å². The van der Waals surface area contributed by atoms with E-state index in [1.165, 1.54) is 62.6 Å². The van der Waals surface area contributed by atoms with Crippen LogP contribution in [0.5, 0.6) is 0 Å². The van der Waals surface area contributed by atoms with E-state index in [-0.39, 0.29) is 13.2 Å². The van der Waals surface area contributed by atoms with Crippen LogP contribution in [0.1, 0.15) is 98.8 Å². The van der Waals surface area contributed by atoms with Crippen LogP contribution in [0.25, 0.3) is 0 Å². The molecule has 0 atom stereocenters. The zero-order chi connectivity index (χ0) is 21.0. The fourth-order valence-electron chi connectivity index (χ4n) is 2.64. The molecule has 0 fully saturated rings. The van der Waals surface area contributed by atoms with Crippen molar-refractivity contribution in [2.45, 2.75) is 98.8 Å². The molecule has 0 saturated heterocycles. The average molecular weight is 411 g/mol. The fraction of sp³-hybridized carbons (Fsp3) is 1.00. The molecular weight excluding hydrogens is 361 g/mol. The molecule has 0 aliphatic carbocycles. The van der Waals surface area contributed by atoms with Crippen LogP contribution in [0.3, 0.4) is 0 Å². The van der Waals surface area contributed by atoms with E-state index in [1.807, 2.05) is 13.8 Å². The molecule has 166 valence electrons. The van der Waals surface area contributed by atoms with Gasteiger partial charge < -0.3 is 9.38 Å². The van der Waals surface area contributed by atoms with Gasteiger partial charge in [0.15, 0.2) is 0 Å². The molecule has 0 unspecified atom stereocenters. The molecular formula is C21H49NO4P+. The number of phosphoric acid groups is 1. The topological polar surface area (TPSA) is 55.8 Å². The highest BCUT2D eigenvalue weighted by molar-refractivity contribution is 7.47. The van der Waals surface area contributed by atoms with Gasteiger partial charge >= 0.3 is 7.82 Å². The summed E-state index contributed by atoms with van der Waals surface area (Å²) in [6.45, 7) is 15.6. The minimum absolute atomic E-state index is 0.288. The van der Waals surface area contributed by atoms with Gasteiger partial charge in [0.25, 0.3) is 0 Å². The Kier molecular flexibility index (Phi) is 21.0. The van der Waals surface area contributed by atoms with Gasteiger partial charge in [0.05, 0.1) is 39.9 Å². The number of unbranched alkanes of at least 4 members (excludes halogenated alkanes) is 5. The van der Waals surface area contributed by atoms with Gasteiger partial charge in [0.2, 0.25) is 0 Å². The molecule has 0 aliphatic rings. The monoisotopic (exact) mass is 410 g/mol.